The summed E-state index contributed by atoms with van der Waals surface area (Å²) in [6.07, 6.45) is -3.55. The third-order valence-corrected chi connectivity index (χ3v) is 12.7. The maximum Gasteiger partial charge on any atom is 0.287 e. The first-order chi connectivity index (χ1) is 34.1. The van der Waals surface area contributed by atoms with Crippen molar-refractivity contribution in [2.75, 3.05) is 0 Å². The number of rotatable bonds is 21. The van der Waals surface area contributed by atoms with E-state index in [-0.39, 0.29) is 78.5 Å². The summed E-state index contributed by atoms with van der Waals surface area (Å²) < 4.78 is 11.5. The van der Waals surface area contributed by atoms with Crippen LogP contribution in [0, 0.1) is 32.1 Å². The minimum absolute atomic E-state index is 0.0139. The maximum absolute atomic E-state index is 14.3. The van der Waals surface area contributed by atoms with Gasteiger partial charge in [0.25, 0.3) is 23.2 Å². The highest BCUT2D eigenvalue weighted by atomic mass is 35.5. The predicted molar refractivity (Wildman–Crippen MR) is 270 cm³/mol. The normalized spacial score (nSPS) is 13.9. The van der Waals surface area contributed by atoms with Crippen molar-refractivity contribution in [3.8, 4) is 22.6 Å². The van der Waals surface area contributed by atoms with Gasteiger partial charge in [0.1, 0.15) is 35.8 Å². The molecular formula is C50H48Cl4N6O12. The number of aliphatic hydroxyl groups is 2. The Morgan fingerprint density at radius 1 is 0.528 bits per heavy atom. The number of amides is 4. The Labute approximate surface area is 432 Å². The molecule has 6 N–H and O–H groups in total. The third-order valence-electron chi connectivity index (χ3n) is 11.5. The zero-order valence-corrected chi connectivity index (χ0v) is 41.8. The lowest BCUT2D eigenvalue weighted by molar-refractivity contribution is -0.385. The molecule has 378 valence electrons. The molecule has 0 aliphatic rings. The van der Waals surface area contributed by atoms with E-state index in [1.165, 1.54) is 24.3 Å². The Morgan fingerprint density at radius 3 is 1.14 bits per heavy atom. The number of aliphatic hydroxyl groups excluding tert-OH is 2. The number of hydrogen-bond donors (Lipinski definition) is 6. The van der Waals surface area contributed by atoms with Crippen LogP contribution in [-0.4, -0.2) is 80.1 Å². The van der Waals surface area contributed by atoms with Crippen LogP contribution in [0.5, 0.6) is 0 Å². The van der Waals surface area contributed by atoms with Crippen molar-refractivity contribution in [1.82, 2.24) is 21.3 Å². The van der Waals surface area contributed by atoms with Crippen molar-refractivity contribution < 1.29 is 48.1 Å². The van der Waals surface area contributed by atoms with Crippen molar-refractivity contribution in [2.24, 2.45) is 11.8 Å². The average molecular weight is 1070 g/mol. The highest BCUT2D eigenvalue weighted by Gasteiger charge is 2.38. The third kappa shape index (κ3) is 13.4. The van der Waals surface area contributed by atoms with Gasteiger partial charge in [0.05, 0.1) is 53.1 Å². The zero-order valence-electron chi connectivity index (χ0n) is 38.8. The van der Waals surface area contributed by atoms with E-state index in [0.29, 0.717) is 11.1 Å². The van der Waals surface area contributed by atoms with Gasteiger partial charge in [-0.2, -0.15) is 0 Å². The lowest BCUT2D eigenvalue weighted by atomic mass is 9.90. The SMILES string of the molecule is CC(C)[C@H](NC(=O)c1ccc(-c2c(Cl)cc([N+](=O)[O-])cc2Cl)o1)C(=O)N[C@@H](Cc1ccccc1)[C@@H](O)[C@H](O)[C@H](Cc1ccccc1)NC(=O)[C@@H](NC(=O)c1ccc(-c2c(Cl)cc([N+](=O)[O-])cc2Cl)o1)C(C)C. The molecule has 0 spiro atoms. The minimum atomic E-state index is -1.76. The fourth-order valence-corrected chi connectivity index (χ4v) is 9.08. The van der Waals surface area contributed by atoms with E-state index in [0.717, 1.165) is 24.3 Å². The Morgan fingerprint density at radius 2 is 0.847 bits per heavy atom. The summed E-state index contributed by atoms with van der Waals surface area (Å²) in [6.45, 7) is 6.71. The molecule has 0 radical (unpaired) electrons. The van der Waals surface area contributed by atoms with Crippen LogP contribution in [0.3, 0.4) is 0 Å². The molecule has 6 atom stereocenters. The number of carbonyl (C=O) groups is 4. The summed E-state index contributed by atoms with van der Waals surface area (Å²) >= 11 is 25.2. The standard InChI is InChI=1S/C50H48Cl4N6O12/c1-25(2)43(57-47(63)39-17-15-37(71-39)41-31(51)21-29(59(67)68)22-32(41)52)49(65)55-35(19-27-11-7-5-8-12-27)45(61)46(62)36(20-28-13-9-6-10-14-28)56-50(66)44(26(3)4)58-48(64)40-18-16-38(72-40)42-33(53)23-30(60(69)70)24-34(42)54/h5-18,21-26,35-36,43-46,61-62H,19-20H2,1-4H3,(H,55,65)(H,56,66)(H,57,63)(H,58,64)/t35-,36-,43-,44-,45+,46+/m0/s1. The molecule has 72 heavy (non-hydrogen) atoms. The topological polar surface area (TPSA) is 269 Å². The molecular weight excluding hydrogens is 1020 g/mol. The van der Waals surface area contributed by atoms with Crippen LogP contribution in [0.25, 0.3) is 22.6 Å². The first kappa shape index (κ1) is 54.5. The minimum Gasteiger partial charge on any atom is -0.451 e. The van der Waals surface area contributed by atoms with Gasteiger partial charge in [-0.1, -0.05) is 135 Å². The summed E-state index contributed by atoms with van der Waals surface area (Å²) in [5.74, 6) is -4.61. The van der Waals surface area contributed by atoms with Gasteiger partial charge < -0.3 is 40.3 Å². The molecule has 0 unspecified atom stereocenters. The van der Waals surface area contributed by atoms with Crippen LogP contribution in [0.1, 0.15) is 59.9 Å². The zero-order chi connectivity index (χ0) is 52.6. The van der Waals surface area contributed by atoms with Crippen LogP contribution in [0.4, 0.5) is 11.4 Å². The second kappa shape index (κ2) is 24.1. The molecule has 0 saturated carbocycles. The number of non-ortho nitro benzene ring substituents is 2. The highest BCUT2D eigenvalue weighted by Crippen LogP contribution is 2.40. The van der Waals surface area contributed by atoms with Gasteiger partial charge in [-0.05, 0) is 60.1 Å². The molecule has 18 nitrogen and oxygen atoms in total. The quantitative estimate of drug-likeness (QED) is 0.0291. The van der Waals surface area contributed by atoms with Crippen LogP contribution in [-0.2, 0) is 22.4 Å². The molecule has 0 bridgehead atoms. The fraction of sp³-hybridized carbons (Fsp3) is 0.280. The van der Waals surface area contributed by atoms with E-state index in [9.17, 15) is 49.6 Å². The average Bonchev–Trinajstić information content (AvgIpc) is 4.03. The van der Waals surface area contributed by atoms with E-state index in [2.05, 4.69) is 21.3 Å². The maximum atomic E-state index is 14.3. The van der Waals surface area contributed by atoms with Gasteiger partial charge in [-0.3, -0.25) is 39.4 Å². The van der Waals surface area contributed by atoms with Gasteiger partial charge in [-0.25, -0.2) is 0 Å². The van der Waals surface area contributed by atoms with Crippen LogP contribution < -0.4 is 21.3 Å². The number of nitro benzene ring substituents is 2. The van der Waals surface area contributed by atoms with Crippen molar-refractivity contribution in [3.63, 3.8) is 0 Å². The van der Waals surface area contributed by atoms with Gasteiger partial charge in [-0.15, -0.1) is 0 Å². The van der Waals surface area contributed by atoms with Gasteiger partial charge in [0.2, 0.25) is 11.8 Å². The Hall–Kier alpha value is -6.80. The summed E-state index contributed by atoms with van der Waals surface area (Å²) in [5.41, 5.74) is 0.829. The van der Waals surface area contributed by atoms with E-state index in [4.69, 9.17) is 55.2 Å². The Kier molecular flexibility index (Phi) is 18.2. The lowest BCUT2D eigenvalue weighted by Crippen LogP contribution is -2.61. The summed E-state index contributed by atoms with van der Waals surface area (Å²) in [7, 11) is 0. The first-order valence-corrected chi connectivity index (χ1v) is 23.8. The van der Waals surface area contributed by atoms with Gasteiger partial charge in [0, 0.05) is 24.3 Å². The summed E-state index contributed by atoms with van der Waals surface area (Å²) in [5, 5.41) is 57.5. The van der Waals surface area contributed by atoms with Crippen LogP contribution >= 0.6 is 46.4 Å². The molecule has 4 aromatic carbocycles. The van der Waals surface area contributed by atoms with E-state index >= 15 is 0 Å². The number of nitrogens with one attached hydrogen (secondary N) is 4. The molecule has 6 rings (SSSR count). The molecule has 0 fully saturated rings. The van der Waals surface area contributed by atoms with Crippen molar-refractivity contribution >= 4 is 81.4 Å². The van der Waals surface area contributed by atoms with Gasteiger partial charge in [0.15, 0.2) is 11.5 Å². The Balaban J connectivity index is 1.22. The number of nitro groups is 2. The van der Waals surface area contributed by atoms with Crippen molar-refractivity contribution in [1.29, 1.82) is 0 Å². The smallest absolute Gasteiger partial charge is 0.287 e. The molecule has 2 aromatic heterocycles. The number of halogens is 4. The number of carbonyl (C=O) groups excluding carboxylic acids is 4. The number of furan rings is 2. The number of nitrogens with zero attached hydrogens (tertiary/aromatic N) is 2. The molecule has 0 saturated heterocycles. The molecule has 6 aromatic rings. The lowest BCUT2D eigenvalue weighted by Gasteiger charge is -2.35. The van der Waals surface area contributed by atoms with Crippen molar-refractivity contribution in [3.05, 3.63) is 172 Å². The number of benzene rings is 4. The highest BCUT2D eigenvalue weighted by molar-refractivity contribution is 6.40. The molecule has 0 aliphatic carbocycles. The van der Waals surface area contributed by atoms with Gasteiger partial charge >= 0.3 is 0 Å². The Bertz CT molecular complexity index is 2710. The molecule has 0 aliphatic heterocycles. The van der Waals surface area contributed by atoms with E-state index in [1.807, 2.05) is 0 Å². The second-order valence-electron chi connectivity index (χ2n) is 17.4. The van der Waals surface area contributed by atoms with Crippen molar-refractivity contribution in [2.45, 2.75) is 76.9 Å². The number of hydrogen-bond acceptors (Lipinski definition) is 12. The molecule has 22 heteroatoms. The fourth-order valence-electron chi connectivity index (χ4n) is 7.76. The van der Waals surface area contributed by atoms with Crippen LogP contribution in [0.2, 0.25) is 20.1 Å². The second-order valence-corrected chi connectivity index (χ2v) is 19.0. The summed E-state index contributed by atoms with van der Waals surface area (Å²) in [6, 6.07) is 22.4. The molecule has 4 amide bonds. The first-order valence-electron chi connectivity index (χ1n) is 22.3. The predicted octanol–water partition coefficient (Wildman–Crippen LogP) is 9.02. The molecule has 2 heterocycles. The van der Waals surface area contributed by atoms with E-state index < -0.39 is 81.7 Å². The monoisotopic (exact) mass is 1060 g/mol. The summed E-state index contributed by atoms with van der Waals surface area (Å²) in [4.78, 5) is 77.1. The largest absolute Gasteiger partial charge is 0.451 e. The van der Waals surface area contributed by atoms with Crippen LogP contribution in [0.15, 0.2) is 118 Å². The van der Waals surface area contributed by atoms with E-state index in [1.54, 1.807) is 88.4 Å².